The molecule has 0 radical (unpaired) electrons. The molecule has 0 spiro atoms. The van der Waals surface area contributed by atoms with Gasteiger partial charge in [0.05, 0.1) is 0 Å². The van der Waals surface area contributed by atoms with E-state index < -0.39 is 6.03 Å². The summed E-state index contributed by atoms with van der Waals surface area (Å²) >= 11 is 0. The van der Waals surface area contributed by atoms with Crippen LogP contribution in [0.4, 0.5) is 4.79 Å². The smallest absolute Gasteiger partial charge is 0.308 e. The highest BCUT2D eigenvalue weighted by Gasteiger charge is 1.91. The number of amides is 2. The van der Waals surface area contributed by atoms with E-state index in [-0.39, 0.29) is 0 Å². The van der Waals surface area contributed by atoms with Crippen molar-refractivity contribution in [3.8, 4) is 0 Å². The number of urea groups is 1. The molecular weight excluding hydrogens is 132 g/mol. The fourth-order valence-electron chi connectivity index (χ4n) is 0.448. The number of nitrogens with zero attached hydrogens (tertiary/aromatic N) is 3. The molecule has 0 aliphatic carbocycles. The monoisotopic (exact) mass is 142 g/mol. The van der Waals surface area contributed by atoms with Gasteiger partial charge >= 0.3 is 6.03 Å². The first-order valence-corrected chi connectivity index (χ1v) is 3.14. The van der Waals surface area contributed by atoms with Crippen molar-refractivity contribution in [3.05, 3.63) is 10.4 Å². The summed E-state index contributed by atoms with van der Waals surface area (Å²) < 4.78 is 0. The fourth-order valence-corrected chi connectivity index (χ4v) is 0.448. The number of nitrogens with one attached hydrogen (secondary N) is 1. The maximum Gasteiger partial charge on any atom is 0.308 e. The maximum absolute atomic E-state index is 10.4. The Balaban J connectivity index is 3.31. The van der Waals surface area contributed by atoms with E-state index in [9.17, 15) is 4.79 Å². The highest BCUT2D eigenvalue weighted by atomic mass is 16.2. The highest BCUT2D eigenvalue weighted by Crippen LogP contribution is 1.83. The van der Waals surface area contributed by atoms with Crippen LogP contribution in [0.3, 0.4) is 0 Å². The molecule has 0 unspecified atom stereocenters. The van der Waals surface area contributed by atoms with Gasteiger partial charge in [0.15, 0.2) is 0 Å². The van der Waals surface area contributed by atoms with Crippen LogP contribution in [0, 0.1) is 0 Å². The van der Waals surface area contributed by atoms with Gasteiger partial charge in [0, 0.05) is 16.6 Å². The van der Waals surface area contributed by atoms with E-state index in [1.54, 1.807) is 0 Å². The van der Waals surface area contributed by atoms with Gasteiger partial charge in [-0.3, -0.25) is 4.79 Å². The second kappa shape index (κ2) is 5.91. The lowest BCUT2D eigenvalue weighted by atomic mass is 10.3. The van der Waals surface area contributed by atoms with E-state index in [4.69, 9.17) is 5.53 Å². The molecule has 2 amide bonds. The zero-order chi connectivity index (χ0) is 7.82. The van der Waals surface area contributed by atoms with Crippen molar-refractivity contribution in [3.63, 3.8) is 0 Å². The Morgan fingerprint density at radius 2 is 2.50 bits per heavy atom. The lowest BCUT2D eigenvalue weighted by Crippen LogP contribution is -2.19. The Morgan fingerprint density at radius 3 is 3.00 bits per heavy atom. The summed E-state index contributed by atoms with van der Waals surface area (Å²) in [6, 6.07) is -0.601. The van der Waals surface area contributed by atoms with E-state index in [1.165, 1.54) is 0 Å². The molecule has 0 saturated heterocycles. The zero-order valence-electron chi connectivity index (χ0n) is 5.87. The van der Waals surface area contributed by atoms with Crippen LogP contribution in [-0.2, 0) is 0 Å². The summed E-state index contributed by atoms with van der Waals surface area (Å²) in [4.78, 5) is 12.7. The third kappa shape index (κ3) is 4.93. The molecule has 5 heteroatoms. The van der Waals surface area contributed by atoms with Crippen molar-refractivity contribution in [2.24, 2.45) is 5.11 Å². The number of azide groups is 1. The minimum atomic E-state index is -0.601. The Bertz CT molecular complexity index is 150. The van der Waals surface area contributed by atoms with Gasteiger partial charge in [0.1, 0.15) is 0 Å². The van der Waals surface area contributed by atoms with Crippen LogP contribution in [-0.4, -0.2) is 12.6 Å². The van der Waals surface area contributed by atoms with E-state index in [0.29, 0.717) is 6.54 Å². The molecule has 0 heterocycles. The molecule has 0 rings (SSSR count). The molecule has 1 N–H and O–H groups in total. The zero-order valence-corrected chi connectivity index (χ0v) is 5.87. The number of unbranched alkanes of at least 4 members (excludes halogenated alkanes) is 1. The predicted octanol–water partition coefficient (Wildman–Crippen LogP) is 1.81. The first-order chi connectivity index (χ1) is 4.81. The standard InChI is InChI=1S/C5H10N4O/c1-2-3-4-7-5(10)8-9-6/h2-4H2,1H3,(H,7,10). The Kier molecular flexibility index (Phi) is 5.19. The molecule has 5 nitrogen and oxygen atoms in total. The minimum Gasteiger partial charge on any atom is -0.351 e. The van der Waals surface area contributed by atoms with E-state index in [0.717, 1.165) is 12.8 Å². The molecule has 10 heavy (non-hydrogen) atoms. The summed E-state index contributed by atoms with van der Waals surface area (Å²) in [5.74, 6) is 0. The van der Waals surface area contributed by atoms with Gasteiger partial charge in [0.2, 0.25) is 0 Å². The first-order valence-electron chi connectivity index (χ1n) is 3.14. The van der Waals surface area contributed by atoms with E-state index in [1.807, 2.05) is 6.92 Å². The first kappa shape index (κ1) is 8.78. The summed E-state index contributed by atoms with van der Waals surface area (Å²) in [6.45, 7) is 2.59. The van der Waals surface area contributed by atoms with Crippen LogP contribution in [0.1, 0.15) is 19.8 Å². The maximum atomic E-state index is 10.4. The topological polar surface area (TPSA) is 77.9 Å². The van der Waals surface area contributed by atoms with Gasteiger partial charge in [-0.2, -0.15) is 0 Å². The second-order valence-electron chi connectivity index (χ2n) is 1.77. The summed E-state index contributed by atoms with van der Waals surface area (Å²) in [5, 5.41) is 5.25. The van der Waals surface area contributed by atoms with Crippen LogP contribution >= 0.6 is 0 Å². The largest absolute Gasteiger partial charge is 0.351 e. The van der Waals surface area contributed by atoms with Gasteiger partial charge in [-0.05, 0) is 12.0 Å². The van der Waals surface area contributed by atoms with E-state index in [2.05, 4.69) is 15.3 Å². The van der Waals surface area contributed by atoms with Crippen LogP contribution in [0.5, 0.6) is 0 Å². The molecule has 0 aliphatic rings. The quantitative estimate of drug-likeness (QED) is 0.277. The lowest BCUT2D eigenvalue weighted by Gasteiger charge is -1.96. The molecule has 0 aromatic rings. The number of hydrogen-bond donors (Lipinski definition) is 1. The van der Waals surface area contributed by atoms with E-state index >= 15 is 0 Å². The van der Waals surface area contributed by atoms with Gasteiger partial charge < -0.3 is 5.32 Å². The molecule has 56 valence electrons. The number of hydrogen-bond acceptors (Lipinski definition) is 1. The van der Waals surface area contributed by atoms with Crippen molar-refractivity contribution in [2.75, 3.05) is 6.54 Å². The Labute approximate surface area is 59.0 Å². The Hall–Kier alpha value is -1.22. The van der Waals surface area contributed by atoms with Crippen molar-refractivity contribution in [1.82, 2.24) is 5.32 Å². The molecule has 0 saturated carbocycles. The summed E-state index contributed by atoms with van der Waals surface area (Å²) in [6.07, 6.45) is 1.92. The van der Waals surface area contributed by atoms with Gasteiger partial charge in [-0.1, -0.05) is 13.3 Å². The highest BCUT2D eigenvalue weighted by molar-refractivity contribution is 5.74. The fraction of sp³-hybridized carbons (Fsp3) is 0.800. The minimum absolute atomic E-state index is 0.578. The molecule has 0 aromatic carbocycles. The average molecular weight is 142 g/mol. The number of carbonyl (C=O) groups excluding carboxylic acids is 1. The molecule has 0 aliphatic heterocycles. The molecule has 0 atom stereocenters. The number of rotatable bonds is 3. The number of carbonyl (C=O) groups is 1. The second-order valence-corrected chi connectivity index (χ2v) is 1.77. The lowest BCUT2D eigenvalue weighted by molar-refractivity contribution is 0.248. The SMILES string of the molecule is CCCCNC(=O)N=[N+]=[N-]. The Morgan fingerprint density at radius 1 is 1.80 bits per heavy atom. The average Bonchev–Trinajstić information content (AvgIpc) is 1.89. The normalized spacial score (nSPS) is 8.10. The van der Waals surface area contributed by atoms with Crippen molar-refractivity contribution >= 4 is 6.03 Å². The van der Waals surface area contributed by atoms with Crippen molar-refractivity contribution in [2.45, 2.75) is 19.8 Å². The third-order valence-electron chi connectivity index (χ3n) is 0.942. The van der Waals surface area contributed by atoms with Crippen LogP contribution in [0.25, 0.3) is 10.4 Å². The van der Waals surface area contributed by atoms with Crippen LogP contribution < -0.4 is 5.32 Å². The van der Waals surface area contributed by atoms with Gasteiger partial charge in [-0.25, -0.2) is 0 Å². The predicted molar refractivity (Wildman–Crippen MR) is 37.5 cm³/mol. The van der Waals surface area contributed by atoms with Crippen molar-refractivity contribution < 1.29 is 4.79 Å². The van der Waals surface area contributed by atoms with Gasteiger partial charge in [0.25, 0.3) is 0 Å². The third-order valence-corrected chi connectivity index (χ3v) is 0.942. The summed E-state index contributed by atoms with van der Waals surface area (Å²) in [7, 11) is 0. The molecular formula is C5H10N4O. The molecule has 0 fully saturated rings. The molecule has 0 bridgehead atoms. The van der Waals surface area contributed by atoms with Crippen LogP contribution in [0.15, 0.2) is 5.11 Å². The van der Waals surface area contributed by atoms with Crippen molar-refractivity contribution in [1.29, 1.82) is 0 Å². The molecule has 0 aromatic heterocycles. The van der Waals surface area contributed by atoms with Crippen LogP contribution in [0.2, 0.25) is 0 Å². The van der Waals surface area contributed by atoms with Gasteiger partial charge in [-0.15, -0.1) is 0 Å². The summed E-state index contributed by atoms with van der Waals surface area (Å²) in [5.41, 5.74) is 7.79.